The van der Waals surface area contributed by atoms with Crippen molar-refractivity contribution in [2.45, 2.75) is 25.7 Å². The summed E-state index contributed by atoms with van der Waals surface area (Å²) < 4.78 is 0. The van der Waals surface area contributed by atoms with Gasteiger partial charge in [-0.25, -0.2) is 0 Å². The Morgan fingerprint density at radius 2 is 2.17 bits per heavy atom. The van der Waals surface area contributed by atoms with Crippen LogP contribution in [0.2, 0.25) is 5.02 Å². The highest BCUT2D eigenvalue weighted by atomic mass is 35.5. The van der Waals surface area contributed by atoms with Crippen LogP contribution >= 0.6 is 11.6 Å². The van der Waals surface area contributed by atoms with E-state index >= 15 is 0 Å². The Bertz CT molecular complexity index is 489. The van der Waals surface area contributed by atoms with E-state index in [1.165, 1.54) is 25.3 Å². The van der Waals surface area contributed by atoms with E-state index in [1.807, 2.05) is 0 Å². The third-order valence-corrected chi connectivity index (χ3v) is 4.59. The van der Waals surface area contributed by atoms with Gasteiger partial charge >= 0.3 is 0 Å². The summed E-state index contributed by atoms with van der Waals surface area (Å²) in [5.74, 6) is 1.63. The predicted molar refractivity (Wildman–Crippen MR) is 70.7 cm³/mol. The lowest BCUT2D eigenvalue weighted by atomic mass is 9.88. The molecule has 2 bridgehead atoms. The Balaban J connectivity index is 1.69. The molecule has 1 aromatic rings. The SMILES string of the molecule is O=C(Nc1ccc(O)c(Cl)c1)C1CC2CCC1C2. The monoisotopic (exact) mass is 265 g/mol. The van der Waals surface area contributed by atoms with Crippen LogP contribution in [0.4, 0.5) is 5.69 Å². The molecule has 2 N–H and O–H groups in total. The van der Waals surface area contributed by atoms with E-state index in [4.69, 9.17) is 11.6 Å². The molecule has 2 saturated carbocycles. The number of nitrogens with one attached hydrogen (secondary N) is 1. The Morgan fingerprint density at radius 1 is 1.33 bits per heavy atom. The second-order valence-electron chi connectivity index (χ2n) is 5.44. The minimum Gasteiger partial charge on any atom is -0.506 e. The zero-order valence-corrected chi connectivity index (χ0v) is 10.8. The van der Waals surface area contributed by atoms with Gasteiger partial charge in [0, 0.05) is 11.6 Å². The van der Waals surface area contributed by atoms with E-state index in [2.05, 4.69) is 5.32 Å². The lowest BCUT2D eigenvalue weighted by Gasteiger charge is -2.20. The van der Waals surface area contributed by atoms with Gasteiger partial charge in [-0.15, -0.1) is 0 Å². The summed E-state index contributed by atoms with van der Waals surface area (Å²) in [5, 5.41) is 12.5. The van der Waals surface area contributed by atoms with E-state index in [-0.39, 0.29) is 22.6 Å². The van der Waals surface area contributed by atoms with Crippen molar-refractivity contribution in [3.05, 3.63) is 23.2 Å². The molecule has 2 fully saturated rings. The van der Waals surface area contributed by atoms with Crippen molar-refractivity contribution in [1.82, 2.24) is 0 Å². The third kappa shape index (κ3) is 2.07. The minimum absolute atomic E-state index is 0.0367. The number of benzene rings is 1. The predicted octanol–water partition coefficient (Wildman–Crippen LogP) is 3.42. The first kappa shape index (κ1) is 11.8. The average molecular weight is 266 g/mol. The summed E-state index contributed by atoms with van der Waals surface area (Å²) >= 11 is 5.82. The number of aromatic hydroxyl groups is 1. The maximum atomic E-state index is 12.2. The second-order valence-corrected chi connectivity index (χ2v) is 5.84. The molecule has 3 unspecified atom stereocenters. The minimum atomic E-state index is 0.0367. The number of carbonyl (C=O) groups is 1. The van der Waals surface area contributed by atoms with Crippen LogP contribution in [0.15, 0.2) is 18.2 Å². The molecule has 0 saturated heterocycles. The van der Waals surface area contributed by atoms with Gasteiger partial charge in [-0.2, -0.15) is 0 Å². The van der Waals surface area contributed by atoms with E-state index in [9.17, 15) is 9.90 Å². The van der Waals surface area contributed by atoms with Gasteiger partial charge in [-0.3, -0.25) is 4.79 Å². The number of fused-ring (bicyclic) bond motifs is 2. The second kappa shape index (κ2) is 4.47. The number of rotatable bonds is 2. The third-order valence-electron chi connectivity index (χ3n) is 4.29. The molecular formula is C14H16ClNO2. The van der Waals surface area contributed by atoms with Crippen molar-refractivity contribution in [2.24, 2.45) is 17.8 Å². The summed E-state index contributed by atoms with van der Waals surface area (Å²) in [7, 11) is 0. The molecule has 2 aliphatic carbocycles. The quantitative estimate of drug-likeness (QED) is 0.805. The number of phenols is 1. The number of phenolic OH excluding ortho intramolecular Hbond substituents is 1. The fraction of sp³-hybridized carbons (Fsp3) is 0.500. The molecule has 3 nitrogen and oxygen atoms in total. The Labute approximate surface area is 111 Å². The Hall–Kier alpha value is -1.22. The molecule has 18 heavy (non-hydrogen) atoms. The largest absolute Gasteiger partial charge is 0.506 e. The maximum absolute atomic E-state index is 12.2. The lowest BCUT2D eigenvalue weighted by Crippen LogP contribution is -2.27. The van der Waals surface area contributed by atoms with E-state index in [1.54, 1.807) is 12.1 Å². The molecule has 0 aliphatic heterocycles. The van der Waals surface area contributed by atoms with Gasteiger partial charge in [0.2, 0.25) is 5.91 Å². The van der Waals surface area contributed by atoms with Crippen molar-refractivity contribution >= 4 is 23.2 Å². The highest BCUT2D eigenvalue weighted by molar-refractivity contribution is 6.32. The highest BCUT2D eigenvalue weighted by Gasteiger charge is 2.42. The fourth-order valence-electron chi connectivity index (χ4n) is 3.39. The normalized spacial score (nSPS) is 29.5. The van der Waals surface area contributed by atoms with Gasteiger partial charge in [-0.1, -0.05) is 18.0 Å². The summed E-state index contributed by atoms with van der Waals surface area (Å²) in [5.41, 5.74) is 0.658. The maximum Gasteiger partial charge on any atom is 0.227 e. The Kier molecular flexibility index (Phi) is 2.94. The van der Waals surface area contributed by atoms with Crippen LogP contribution in [0.5, 0.6) is 5.75 Å². The number of hydrogen-bond donors (Lipinski definition) is 2. The van der Waals surface area contributed by atoms with E-state index < -0.39 is 0 Å². The number of anilines is 1. The molecule has 1 amide bonds. The molecule has 0 aromatic heterocycles. The molecule has 3 rings (SSSR count). The standard InChI is InChI=1S/C14H16ClNO2/c15-12-7-10(3-4-13(12)17)16-14(18)11-6-8-1-2-9(11)5-8/h3-4,7-9,11,17H,1-2,5-6H2,(H,16,18). The number of halogens is 1. The lowest BCUT2D eigenvalue weighted by molar-refractivity contribution is -0.121. The van der Waals surface area contributed by atoms with Crippen LogP contribution in [-0.2, 0) is 4.79 Å². The molecule has 0 radical (unpaired) electrons. The van der Waals surface area contributed by atoms with Gasteiger partial charge in [0.05, 0.1) is 5.02 Å². The van der Waals surface area contributed by atoms with Crippen LogP contribution in [0, 0.1) is 17.8 Å². The summed E-state index contributed by atoms with van der Waals surface area (Å²) in [6.07, 6.45) is 4.73. The molecule has 0 spiro atoms. The first-order valence-corrected chi connectivity index (χ1v) is 6.80. The van der Waals surface area contributed by atoms with Crippen LogP contribution in [0.25, 0.3) is 0 Å². The Morgan fingerprint density at radius 3 is 2.78 bits per heavy atom. The van der Waals surface area contributed by atoms with Crippen molar-refractivity contribution in [3.63, 3.8) is 0 Å². The zero-order chi connectivity index (χ0) is 12.7. The topological polar surface area (TPSA) is 49.3 Å². The molecule has 96 valence electrons. The molecule has 1 aromatic carbocycles. The van der Waals surface area contributed by atoms with Crippen molar-refractivity contribution in [2.75, 3.05) is 5.32 Å². The van der Waals surface area contributed by atoms with E-state index in [0.29, 0.717) is 11.6 Å². The van der Waals surface area contributed by atoms with Crippen LogP contribution in [0.1, 0.15) is 25.7 Å². The average Bonchev–Trinajstić information content (AvgIpc) is 2.96. The van der Waals surface area contributed by atoms with Crippen molar-refractivity contribution in [3.8, 4) is 5.75 Å². The molecular weight excluding hydrogens is 250 g/mol. The molecule has 2 aliphatic rings. The number of amides is 1. The van der Waals surface area contributed by atoms with Crippen molar-refractivity contribution < 1.29 is 9.90 Å². The summed E-state index contributed by atoms with van der Waals surface area (Å²) in [4.78, 5) is 12.2. The number of carbonyl (C=O) groups excluding carboxylic acids is 1. The van der Waals surface area contributed by atoms with Gasteiger partial charge in [0.1, 0.15) is 5.75 Å². The van der Waals surface area contributed by atoms with Gasteiger partial charge in [-0.05, 0) is 49.3 Å². The summed E-state index contributed by atoms with van der Waals surface area (Å²) in [6.45, 7) is 0. The zero-order valence-electron chi connectivity index (χ0n) is 10.0. The first-order chi connectivity index (χ1) is 8.63. The number of hydrogen-bond acceptors (Lipinski definition) is 2. The van der Waals surface area contributed by atoms with Crippen molar-refractivity contribution in [1.29, 1.82) is 0 Å². The van der Waals surface area contributed by atoms with Crippen LogP contribution in [-0.4, -0.2) is 11.0 Å². The van der Waals surface area contributed by atoms with Crippen LogP contribution in [0.3, 0.4) is 0 Å². The van der Waals surface area contributed by atoms with Crippen LogP contribution < -0.4 is 5.32 Å². The highest BCUT2D eigenvalue weighted by Crippen LogP contribution is 2.48. The van der Waals surface area contributed by atoms with E-state index in [0.717, 1.165) is 12.3 Å². The molecule has 4 heteroatoms. The fourth-order valence-corrected chi connectivity index (χ4v) is 3.57. The first-order valence-electron chi connectivity index (χ1n) is 6.43. The summed E-state index contributed by atoms with van der Waals surface area (Å²) in [6, 6.07) is 4.76. The van der Waals surface area contributed by atoms with Gasteiger partial charge in [0.15, 0.2) is 0 Å². The van der Waals surface area contributed by atoms with Gasteiger partial charge in [0.25, 0.3) is 0 Å². The van der Waals surface area contributed by atoms with Gasteiger partial charge < -0.3 is 10.4 Å². The smallest absolute Gasteiger partial charge is 0.227 e. The molecule has 0 heterocycles. The molecule has 3 atom stereocenters.